The zero-order valence-electron chi connectivity index (χ0n) is 8.97. The third-order valence-electron chi connectivity index (χ3n) is 2.40. The number of anilines is 1. The summed E-state index contributed by atoms with van der Waals surface area (Å²) in [6.07, 6.45) is 3.93. The molecule has 0 saturated carbocycles. The fourth-order valence-corrected chi connectivity index (χ4v) is 1.42. The standard InChI is InChI=1S/C11H15N3O/c1-9(15-2)8-13-11-5-3-4-10-12-6-7-14(10)11/h3-7,9,13H,8H2,1-2H3. The molecule has 0 aliphatic heterocycles. The van der Waals surface area contributed by atoms with Crippen molar-refractivity contribution in [1.82, 2.24) is 9.38 Å². The highest BCUT2D eigenvalue weighted by molar-refractivity contribution is 5.49. The van der Waals surface area contributed by atoms with E-state index in [-0.39, 0.29) is 6.10 Å². The first-order valence-electron chi connectivity index (χ1n) is 5.00. The van der Waals surface area contributed by atoms with E-state index >= 15 is 0 Å². The largest absolute Gasteiger partial charge is 0.380 e. The smallest absolute Gasteiger partial charge is 0.138 e. The van der Waals surface area contributed by atoms with Gasteiger partial charge in [-0.3, -0.25) is 4.40 Å². The molecular formula is C11H15N3O. The highest BCUT2D eigenvalue weighted by Gasteiger charge is 2.02. The molecule has 4 heteroatoms. The highest BCUT2D eigenvalue weighted by Crippen LogP contribution is 2.10. The van der Waals surface area contributed by atoms with Gasteiger partial charge >= 0.3 is 0 Å². The van der Waals surface area contributed by atoms with Crippen molar-refractivity contribution in [1.29, 1.82) is 0 Å². The van der Waals surface area contributed by atoms with Crippen LogP contribution < -0.4 is 5.32 Å². The van der Waals surface area contributed by atoms with Gasteiger partial charge in [0.05, 0.1) is 6.10 Å². The molecule has 2 aromatic heterocycles. The molecule has 4 nitrogen and oxygen atoms in total. The molecule has 1 N–H and O–H groups in total. The molecule has 2 rings (SSSR count). The molecule has 15 heavy (non-hydrogen) atoms. The average Bonchev–Trinajstić information content (AvgIpc) is 2.74. The number of aromatic nitrogens is 2. The van der Waals surface area contributed by atoms with Crippen LogP contribution in [0.2, 0.25) is 0 Å². The SMILES string of the molecule is COC(C)CNc1cccc2nccn12. The summed E-state index contributed by atoms with van der Waals surface area (Å²) in [5, 5.41) is 3.32. The van der Waals surface area contributed by atoms with Crippen LogP contribution in [0.3, 0.4) is 0 Å². The van der Waals surface area contributed by atoms with Crippen LogP contribution in [0.1, 0.15) is 6.92 Å². The zero-order valence-corrected chi connectivity index (χ0v) is 8.97. The van der Waals surface area contributed by atoms with Gasteiger partial charge in [-0.2, -0.15) is 0 Å². The Hall–Kier alpha value is -1.55. The minimum absolute atomic E-state index is 0.198. The fourth-order valence-electron chi connectivity index (χ4n) is 1.42. The normalized spacial score (nSPS) is 12.9. The number of methoxy groups -OCH3 is 1. The molecule has 0 aliphatic rings. The minimum Gasteiger partial charge on any atom is -0.380 e. The summed E-state index contributed by atoms with van der Waals surface area (Å²) < 4.78 is 7.19. The topological polar surface area (TPSA) is 38.6 Å². The molecule has 2 aromatic rings. The molecule has 0 spiro atoms. The summed E-state index contributed by atoms with van der Waals surface area (Å²) >= 11 is 0. The van der Waals surface area contributed by atoms with Gasteiger partial charge in [0, 0.05) is 26.0 Å². The number of pyridine rings is 1. The van der Waals surface area contributed by atoms with Gasteiger partial charge in [0.25, 0.3) is 0 Å². The van der Waals surface area contributed by atoms with Crippen LogP contribution in [0.15, 0.2) is 30.6 Å². The Labute approximate surface area is 88.9 Å². The van der Waals surface area contributed by atoms with Crippen LogP contribution in [0.5, 0.6) is 0 Å². The molecule has 0 aromatic carbocycles. The van der Waals surface area contributed by atoms with Gasteiger partial charge in [0.15, 0.2) is 0 Å². The van der Waals surface area contributed by atoms with Gasteiger partial charge in [-0.05, 0) is 19.1 Å². The fraction of sp³-hybridized carbons (Fsp3) is 0.364. The average molecular weight is 205 g/mol. The van der Waals surface area contributed by atoms with E-state index in [1.165, 1.54) is 0 Å². The number of nitrogens with one attached hydrogen (secondary N) is 1. The van der Waals surface area contributed by atoms with E-state index in [4.69, 9.17) is 4.74 Å². The van der Waals surface area contributed by atoms with Crippen LogP contribution >= 0.6 is 0 Å². The summed E-state index contributed by atoms with van der Waals surface area (Å²) in [6, 6.07) is 5.99. The summed E-state index contributed by atoms with van der Waals surface area (Å²) in [4.78, 5) is 4.22. The highest BCUT2D eigenvalue weighted by atomic mass is 16.5. The minimum atomic E-state index is 0.198. The van der Waals surface area contributed by atoms with Gasteiger partial charge in [-0.15, -0.1) is 0 Å². The second-order valence-corrected chi connectivity index (χ2v) is 3.49. The first kappa shape index (κ1) is 9.98. The van der Waals surface area contributed by atoms with Crippen molar-refractivity contribution < 1.29 is 4.74 Å². The predicted molar refractivity (Wildman–Crippen MR) is 60.2 cm³/mol. The molecule has 0 aliphatic carbocycles. The van der Waals surface area contributed by atoms with Gasteiger partial charge < -0.3 is 10.1 Å². The van der Waals surface area contributed by atoms with Crippen LogP contribution in [0.25, 0.3) is 5.65 Å². The lowest BCUT2D eigenvalue weighted by Crippen LogP contribution is -2.19. The van der Waals surface area contributed by atoms with Crippen molar-refractivity contribution in [3.05, 3.63) is 30.6 Å². The maximum Gasteiger partial charge on any atom is 0.138 e. The number of rotatable bonds is 4. The molecule has 0 saturated heterocycles. The molecule has 1 atom stereocenters. The number of nitrogens with zero attached hydrogens (tertiary/aromatic N) is 2. The van der Waals surface area contributed by atoms with Crippen molar-refractivity contribution in [2.24, 2.45) is 0 Å². The summed E-state index contributed by atoms with van der Waals surface area (Å²) in [5.41, 5.74) is 0.949. The monoisotopic (exact) mass is 205 g/mol. The Balaban J connectivity index is 2.17. The number of hydrogen-bond donors (Lipinski definition) is 1. The molecular weight excluding hydrogens is 190 g/mol. The van der Waals surface area contributed by atoms with Crippen LogP contribution in [0, 0.1) is 0 Å². The molecule has 0 radical (unpaired) electrons. The van der Waals surface area contributed by atoms with E-state index in [0.29, 0.717) is 0 Å². The Kier molecular flexibility index (Phi) is 2.87. The van der Waals surface area contributed by atoms with Crippen molar-refractivity contribution in [2.45, 2.75) is 13.0 Å². The van der Waals surface area contributed by atoms with Crippen LogP contribution in [-0.4, -0.2) is 29.1 Å². The lowest BCUT2D eigenvalue weighted by molar-refractivity contribution is 0.128. The summed E-state index contributed by atoms with van der Waals surface area (Å²) in [5.74, 6) is 1.04. The molecule has 80 valence electrons. The number of imidazole rings is 1. The van der Waals surface area contributed by atoms with E-state index in [2.05, 4.69) is 10.3 Å². The van der Waals surface area contributed by atoms with Gasteiger partial charge in [0.1, 0.15) is 11.5 Å². The van der Waals surface area contributed by atoms with E-state index in [1.807, 2.05) is 35.7 Å². The first-order valence-corrected chi connectivity index (χ1v) is 5.00. The molecule has 0 bridgehead atoms. The summed E-state index contributed by atoms with van der Waals surface area (Å²) in [6.45, 7) is 2.81. The Morgan fingerprint density at radius 3 is 3.20 bits per heavy atom. The van der Waals surface area contributed by atoms with Crippen molar-refractivity contribution in [3.8, 4) is 0 Å². The second kappa shape index (κ2) is 4.31. The summed E-state index contributed by atoms with van der Waals surface area (Å²) in [7, 11) is 1.71. The van der Waals surface area contributed by atoms with Crippen molar-refractivity contribution >= 4 is 11.5 Å². The lowest BCUT2D eigenvalue weighted by Gasteiger charge is -2.12. The zero-order chi connectivity index (χ0) is 10.7. The molecule has 1 unspecified atom stereocenters. The predicted octanol–water partition coefficient (Wildman–Crippen LogP) is 1.78. The third kappa shape index (κ3) is 2.10. The maximum absolute atomic E-state index is 5.18. The van der Waals surface area contributed by atoms with E-state index in [0.717, 1.165) is 18.0 Å². The van der Waals surface area contributed by atoms with E-state index in [9.17, 15) is 0 Å². The third-order valence-corrected chi connectivity index (χ3v) is 2.40. The van der Waals surface area contributed by atoms with E-state index < -0.39 is 0 Å². The van der Waals surface area contributed by atoms with E-state index in [1.54, 1.807) is 13.3 Å². The Morgan fingerprint density at radius 1 is 1.53 bits per heavy atom. The Morgan fingerprint density at radius 2 is 2.40 bits per heavy atom. The van der Waals surface area contributed by atoms with Crippen molar-refractivity contribution in [2.75, 3.05) is 19.0 Å². The van der Waals surface area contributed by atoms with Crippen molar-refractivity contribution in [3.63, 3.8) is 0 Å². The first-order chi connectivity index (χ1) is 7.31. The van der Waals surface area contributed by atoms with Crippen LogP contribution in [-0.2, 0) is 4.74 Å². The molecule has 0 fully saturated rings. The number of fused-ring (bicyclic) bond motifs is 1. The number of hydrogen-bond acceptors (Lipinski definition) is 3. The van der Waals surface area contributed by atoms with Gasteiger partial charge in [-0.1, -0.05) is 6.07 Å². The maximum atomic E-state index is 5.18. The van der Waals surface area contributed by atoms with Gasteiger partial charge in [-0.25, -0.2) is 4.98 Å². The number of ether oxygens (including phenoxy) is 1. The quantitative estimate of drug-likeness (QED) is 0.827. The molecule has 2 heterocycles. The second-order valence-electron chi connectivity index (χ2n) is 3.49. The molecule has 0 amide bonds. The van der Waals surface area contributed by atoms with Crippen LogP contribution in [0.4, 0.5) is 5.82 Å². The van der Waals surface area contributed by atoms with Gasteiger partial charge in [0.2, 0.25) is 0 Å². The lowest BCUT2D eigenvalue weighted by atomic mass is 10.4. The Bertz CT molecular complexity index is 438.